The summed E-state index contributed by atoms with van der Waals surface area (Å²) in [5.74, 6) is 0.252. The molecule has 0 radical (unpaired) electrons. The first kappa shape index (κ1) is 21.1. The second-order valence-electron chi connectivity index (χ2n) is 8.09. The van der Waals surface area contributed by atoms with Gasteiger partial charge in [0.15, 0.2) is 5.16 Å². The number of fused-ring (bicyclic) bond motifs is 1. The Kier molecular flexibility index (Phi) is 5.84. The van der Waals surface area contributed by atoms with Crippen molar-refractivity contribution >= 4 is 34.7 Å². The molecule has 0 unspecified atom stereocenters. The van der Waals surface area contributed by atoms with Crippen LogP contribution in [0.3, 0.4) is 0 Å². The van der Waals surface area contributed by atoms with Crippen LogP contribution >= 0.6 is 11.8 Å². The molecule has 0 spiro atoms. The number of carbonyl (C=O) groups is 1. The average molecular weight is 414 g/mol. The van der Waals surface area contributed by atoms with E-state index in [1.807, 2.05) is 58.9 Å². The molecule has 3 N–H and O–H groups in total. The van der Waals surface area contributed by atoms with Gasteiger partial charge in [0.1, 0.15) is 0 Å². The molecule has 2 heterocycles. The summed E-state index contributed by atoms with van der Waals surface area (Å²) in [6.45, 7) is 9.76. The highest BCUT2D eigenvalue weighted by Crippen LogP contribution is 2.44. The first-order chi connectivity index (χ1) is 13.6. The Hall–Kier alpha value is -2.61. The number of aryl methyl sites for hydroxylation is 1. The highest BCUT2D eigenvalue weighted by atomic mass is 32.2. The van der Waals surface area contributed by atoms with Crippen molar-refractivity contribution in [3.8, 4) is 0 Å². The monoisotopic (exact) mass is 413 g/mol. The van der Waals surface area contributed by atoms with Gasteiger partial charge >= 0.3 is 0 Å². The van der Waals surface area contributed by atoms with Crippen molar-refractivity contribution in [3.63, 3.8) is 0 Å². The van der Waals surface area contributed by atoms with Crippen LogP contribution in [-0.4, -0.2) is 30.6 Å². The molecule has 0 aliphatic rings. The van der Waals surface area contributed by atoms with Crippen LogP contribution in [0.2, 0.25) is 0 Å². The predicted molar refractivity (Wildman–Crippen MR) is 117 cm³/mol. The van der Waals surface area contributed by atoms with Gasteiger partial charge in [-0.1, -0.05) is 37.2 Å². The Bertz CT molecular complexity index is 1050. The maximum Gasteiger partial charge on any atom is 0.251 e. The number of hydrogen-bond donors (Lipinski definition) is 3. The number of imidazole rings is 1. The van der Waals surface area contributed by atoms with E-state index in [2.05, 4.69) is 25.3 Å². The fourth-order valence-corrected chi connectivity index (χ4v) is 3.98. The molecule has 0 saturated heterocycles. The quantitative estimate of drug-likeness (QED) is 0.399. The normalized spacial score (nSPS) is 12.3. The summed E-state index contributed by atoms with van der Waals surface area (Å²) in [5, 5.41) is 3.42. The number of thioether (sulfide) groups is 1. The van der Waals surface area contributed by atoms with Crippen LogP contribution in [0.5, 0.6) is 0 Å². The molecule has 0 bridgehead atoms. The molecule has 0 fully saturated rings. The van der Waals surface area contributed by atoms with Crippen molar-refractivity contribution in [2.45, 2.75) is 57.4 Å². The van der Waals surface area contributed by atoms with Gasteiger partial charge in [0.25, 0.3) is 5.56 Å². The zero-order valence-electron chi connectivity index (χ0n) is 17.4. The van der Waals surface area contributed by atoms with Crippen LogP contribution < -0.4 is 10.9 Å². The van der Waals surface area contributed by atoms with Gasteiger partial charge in [-0.05, 0) is 46.2 Å². The van der Waals surface area contributed by atoms with Crippen LogP contribution in [0.25, 0.3) is 11.0 Å². The first-order valence-electron chi connectivity index (χ1n) is 9.68. The number of nitrogens with zero attached hydrogens (tertiary/aromatic N) is 2. The zero-order valence-corrected chi connectivity index (χ0v) is 18.2. The Morgan fingerprint density at radius 2 is 1.86 bits per heavy atom. The maximum absolute atomic E-state index is 13.1. The number of aromatic nitrogens is 4. The minimum atomic E-state index is -0.782. The molecular formula is C21H27N5O2S. The number of hydrogen-bond acceptors (Lipinski definition) is 5. The van der Waals surface area contributed by atoms with Crippen molar-refractivity contribution in [2.75, 3.05) is 5.32 Å². The number of anilines is 1. The lowest BCUT2D eigenvalue weighted by atomic mass is 9.79. The second kappa shape index (κ2) is 8.02. The van der Waals surface area contributed by atoms with E-state index >= 15 is 0 Å². The van der Waals surface area contributed by atoms with Crippen LogP contribution in [-0.2, 0) is 11.2 Å². The standard InChI is InChI=1S/C21H27N5O2S/c1-6-9-13-12-16(27)25-19(22-13)29-21(4,5)20(2,3)17(28)26-18-23-14-10-7-8-11-15(14)24-18/h7-8,10-12H,6,9H2,1-5H3,(H,22,25,27)(H2,23,24,26,28). The fourth-order valence-electron chi connectivity index (χ4n) is 2.83. The molecule has 8 heteroatoms. The van der Waals surface area contributed by atoms with E-state index in [4.69, 9.17) is 0 Å². The third-order valence-corrected chi connectivity index (χ3v) is 6.73. The Labute approximate surface area is 174 Å². The molecule has 0 aliphatic heterocycles. The summed E-state index contributed by atoms with van der Waals surface area (Å²) in [4.78, 5) is 40.0. The van der Waals surface area contributed by atoms with E-state index in [0.29, 0.717) is 11.1 Å². The zero-order chi connectivity index (χ0) is 21.2. The van der Waals surface area contributed by atoms with Gasteiger partial charge < -0.3 is 9.97 Å². The Morgan fingerprint density at radius 1 is 1.14 bits per heavy atom. The van der Waals surface area contributed by atoms with Gasteiger partial charge in [-0.15, -0.1) is 0 Å². The van der Waals surface area contributed by atoms with E-state index in [9.17, 15) is 9.59 Å². The predicted octanol–water partition coefficient (Wildman–Crippen LogP) is 4.13. The van der Waals surface area contributed by atoms with Crippen LogP contribution in [0, 0.1) is 5.41 Å². The highest BCUT2D eigenvalue weighted by molar-refractivity contribution is 8.00. The molecule has 3 aromatic rings. The van der Waals surface area contributed by atoms with Gasteiger partial charge in [0, 0.05) is 16.5 Å². The summed E-state index contributed by atoms with van der Waals surface area (Å²) < 4.78 is -0.552. The smallest absolute Gasteiger partial charge is 0.251 e. The summed E-state index contributed by atoms with van der Waals surface area (Å²) in [6.07, 6.45) is 1.66. The van der Waals surface area contributed by atoms with Crippen LogP contribution in [0.4, 0.5) is 5.95 Å². The van der Waals surface area contributed by atoms with Gasteiger partial charge in [0.05, 0.1) is 16.4 Å². The van der Waals surface area contributed by atoms with E-state index in [-0.39, 0.29) is 11.5 Å². The number of benzene rings is 1. The number of amides is 1. The van der Waals surface area contributed by atoms with E-state index in [1.54, 1.807) is 0 Å². The summed E-state index contributed by atoms with van der Waals surface area (Å²) in [7, 11) is 0. The van der Waals surface area contributed by atoms with Crippen molar-refractivity contribution in [1.82, 2.24) is 19.9 Å². The van der Waals surface area contributed by atoms with Gasteiger partial charge in [-0.25, -0.2) is 9.97 Å². The largest absolute Gasteiger partial charge is 0.324 e. The first-order valence-corrected chi connectivity index (χ1v) is 10.5. The number of carbonyl (C=O) groups excluding carboxylic acids is 1. The van der Waals surface area contributed by atoms with Crippen LogP contribution in [0.15, 0.2) is 40.3 Å². The molecule has 0 saturated carbocycles. The number of nitrogens with one attached hydrogen (secondary N) is 3. The molecule has 3 rings (SSSR count). The van der Waals surface area contributed by atoms with E-state index in [1.165, 1.54) is 17.8 Å². The van der Waals surface area contributed by atoms with E-state index < -0.39 is 10.2 Å². The van der Waals surface area contributed by atoms with E-state index in [0.717, 1.165) is 29.6 Å². The minimum Gasteiger partial charge on any atom is -0.324 e. The molecule has 0 aliphatic carbocycles. The van der Waals surface area contributed by atoms with Gasteiger partial charge in [-0.3, -0.25) is 14.9 Å². The van der Waals surface area contributed by atoms with Crippen molar-refractivity contribution < 1.29 is 4.79 Å². The number of rotatable bonds is 7. The summed E-state index contributed by atoms with van der Waals surface area (Å²) in [6, 6.07) is 9.14. The molecule has 154 valence electrons. The summed E-state index contributed by atoms with van der Waals surface area (Å²) >= 11 is 1.39. The minimum absolute atomic E-state index is 0.166. The maximum atomic E-state index is 13.1. The molecule has 7 nitrogen and oxygen atoms in total. The van der Waals surface area contributed by atoms with Crippen molar-refractivity contribution in [1.29, 1.82) is 0 Å². The molecule has 1 amide bonds. The van der Waals surface area contributed by atoms with Crippen LogP contribution in [0.1, 0.15) is 46.7 Å². The molecule has 29 heavy (non-hydrogen) atoms. The van der Waals surface area contributed by atoms with Crippen molar-refractivity contribution in [2.24, 2.45) is 5.41 Å². The lowest BCUT2D eigenvalue weighted by Gasteiger charge is -2.38. The Morgan fingerprint density at radius 3 is 2.55 bits per heavy atom. The molecular weight excluding hydrogens is 386 g/mol. The lowest BCUT2D eigenvalue weighted by Crippen LogP contribution is -2.46. The fraction of sp³-hybridized carbons (Fsp3) is 0.429. The molecule has 2 aromatic heterocycles. The Balaban J connectivity index is 1.80. The third kappa shape index (κ3) is 4.53. The SMILES string of the molecule is CCCc1cc(=O)[nH]c(SC(C)(C)C(C)(C)C(=O)Nc2nc3ccccc3[nH]2)n1. The number of H-pyrrole nitrogens is 2. The number of para-hydroxylation sites is 2. The van der Waals surface area contributed by atoms with Gasteiger partial charge in [-0.2, -0.15) is 0 Å². The average Bonchev–Trinajstić information content (AvgIpc) is 3.03. The van der Waals surface area contributed by atoms with Gasteiger partial charge in [0.2, 0.25) is 11.9 Å². The van der Waals surface area contributed by atoms with Crippen molar-refractivity contribution in [3.05, 3.63) is 46.4 Å². The third-order valence-electron chi connectivity index (χ3n) is 5.33. The number of aromatic amines is 2. The second-order valence-corrected chi connectivity index (χ2v) is 9.70. The molecule has 1 aromatic carbocycles. The lowest BCUT2D eigenvalue weighted by molar-refractivity contribution is -0.125. The topological polar surface area (TPSA) is 104 Å². The summed E-state index contributed by atoms with van der Waals surface area (Å²) in [5.41, 5.74) is 1.47. The molecule has 0 atom stereocenters. The highest BCUT2D eigenvalue weighted by Gasteiger charge is 2.45.